The summed E-state index contributed by atoms with van der Waals surface area (Å²) in [7, 11) is 0. The van der Waals surface area contributed by atoms with Gasteiger partial charge in [-0.2, -0.15) is 5.10 Å². The van der Waals surface area contributed by atoms with Gasteiger partial charge in [0.15, 0.2) is 0 Å². The van der Waals surface area contributed by atoms with Crippen molar-refractivity contribution in [3.05, 3.63) is 22.1 Å². The second kappa shape index (κ2) is 5.66. The number of nitrogens with one attached hydrogen (secondary N) is 2. The van der Waals surface area contributed by atoms with Gasteiger partial charge in [0.2, 0.25) is 5.91 Å². The quantitative estimate of drug-likeness (QED) is 0.796. The molecule has 2 N–H and O–H groups in total. The number of carbonyl (C=O) groups excluding carboxylic acids is 1. The van der Waals surface area contributed by atoms with E-state index in [1.165, 1.54) is 10.7 Å². The Labute approximate surface area is 105 Å². The van der Waals surface area contributed by atoms with Crippen LogP contribution in [0.5, 0.6) is 0 Å². The molecule has 2 heterocycles. The fourth-order valence-corrected chi connectivity index (χ4v) is 1.92. The number of anilines is 1. The molecule has 1 amide bonds. The molecule has 6 heteroatoms. The molecule has 1 aliphatic heterocycles. The minimum Gasteiger partial charge on any atom is -0.383 e. The Morgan fingerprint density at radius 1 is 1.61 bits per heavy atom. The van der Waals surface area contributed by atoms with E-state index >= 15 is 0 Å². The Balaban J connectivity index is 2.13. The predicted molar refractivity (Wildman–Crippen MR) is 68.6 cm³/mol. The number of aryl methyl sites for hydroxylation is 1. The zero-order valence-electron chi connectivity index (χ0n) is 10.5. The van der Waals surface area contributed by atoms with Crippen molar-refractivity contribution in [1.29, 1.82) is 0 Å². The number of hydrogen-bond acceptors (Lipinski definition) is 4. The first-order valence-electron chi connectivity index (χ1n) is 6.32. The molecule has 6 nitrogen and oxygen atoms in total. The second-order valence-electron chi connectivity index (χ2n) is 4.38. The maximum Gasteiger partial charge on any atom is 0.269 e. The lowest BCUT2D eigenvalue weighted by Crippen LogP contribution is -2.35. The van der Waals surface area contributed by atoms with Crippen LogP contribution in [0.25, 0.3) is 0 Å². The van der Waals surface area contributed by atoms with Crippen molar-refractivity contribution < 1.29 is 4.79 Å². The van der Waals surface area contributed by atoms with Crippen LogP contribution in [0.3, 0.4) is 0 Å². The molecule has 0 unspecified atom stereocenters. The molecule has 0 radical (unpaired) electrons. The molecular formula is C12H18N4O2. The molecule has 0 spiro atoms. The Bertz CT molecular complexity index is 495. The standard InChI is InChI=1S/C12H18N4O2/c1-2-5-14-11(17)8-16-12(18)7-10-9(15-16)4-3-6-13-10/h7,13H,2-6,8H2,1H3,(H,14,17). The summed E-state index contributed by atoms with van der Waals surface area (Å²) in [6, 6.07) is 1.52. The van der Waals surface area contributed by atoms with Crippen molar-refractivity contribution >= 4 is 11.6 Å². The smallest absolute Gasteiger partial charge is 0.269 e. The fraction of sp³-hybridized carbons (Fsp3) is 0.583. The second-order valence-corrected chi connectivity index (χ2v) is 4.38. The highest BCUT2D eigenvalue weighted by molar-refractivity contribution is 5.75. The predicted octanol–water partition coefficient (Wildman–Crippen LogP) is 0.128. The van der Waals surface area contributed by atoms with Gasteiger partial charge in [0.25, 0.3) is 5.56 Å². The molecule has 18 heavy (non-hydrogen) atoms. The Morgan fingerprint density at radius 3 is 3.22 bits per heavy atom. The van der Waals surface area contributed by atoms with E-state index in [2.05, 4.69) is 15.7 Å². The summed E-state index contributed by atoms with van der Waals surface area (Å²) in [5.41, 5.74) is 1.43. The van der Waals surface area contributed by atoms with E-state index in [0.29, 0.717) is 6.54 Å². The van der Waals surface area contributed by atoms with Crippen LogP contribution in [-0.4, -0.2) is 28.8 Å². The first kappa shape index (κ1) is 12.6. The van der Waals surface area contributed by atoms with Gasteiger partial charge in [-0.3, -0.25) is 9.59 Å². The summed E-state index contributed by atoms with van der Waals surface area (Å²) in [4.78, 5) is 23.3. The van der Waals surface area contributed by atoms with E-state index in [1.807, 2.05) is 6.92 Å². The maximum atomic E-state index is 11.8. The fourth-order valence-electron chi connectivity index (χ4n) is 1.92. The van der Waals surface area contributed by atoms with E-state index < -0.39 is 0 Å². The molecule has 98 valence electrons. The maximum absolute atomic E-state index is 11.8. The van der Waals surface area contributed by atoms with Crippen LogP contribution in [0.15, 0.2) is 10.9 Å². The van der Waals surface area contributed by atoms with E-state index in [-0.39, 0.29) is 18.0 Å². The van der Waals surface area contributed by atoms with E-state index in [1.54, 1.807) is 0 Å². The summed E-state index contributed by atoms with van der Waals surface area (Å²) in [5.74, 6) is -0.171. The number of hydrogen-bond donors (Lipinski definition) is 2. The first-order chi connectivity index (χ1) is 8.70. The number of carbonyl (C=O) groups is 1. The van der Waals surface area contributed by atoms with Gasteiger partial charge in [-0.25, -0.2) is 4.68 Å². The minimum absolute atomic E-state index is 0.00782. The monoisotopic (exact) mass is 250 g/mol. The zero-order valence-corrected chi connectivity index (χ0v) is 10.5. The average molecular weight is 250 g/mol. The molecule has 0 saturated carbocycles. The molecular weight excluding hydrogens is 232 g/mol. The van der Waals surface area contributed by atoms with Gasteiger partial charge in [-0.1, -0.05) is 6.92 Å². The van der Waals surface area contributed by atoms with Crippen molar-refractivity contribution in [1.82, 2.24) is 15.1 Å². The summed E-state index contributed by atoms with van der Waals surface area (Å²) in [6.07, 6.45) is 2.72. The highest BCUT2D eigenvalue weighted by Crippen LogP contribution is 2.16. The largest absolute Gasteiger partial charge is 0.383 e. The third kappa shape index (κ3) is 2.88. The Hall–Kier alpha value is -1.85. The number of aromatic nitrogens is 2. The molecule has 1 aliphatic rings. The molecule has 0 bridgehead atoms. The van der Waals surface area contributed by atoms with Gasteiger partial charge in [0.1, 0.15) is 6.54 Å². The molecule has 2 rings (SSSR count). The zero-order chi connectivity index (χ0) is 13.0. The number of nitrogens with zero attached hydrogens (tertiary/aromatic N) is 2. The number of rotatable bonds is 4. The first-order valence-corrected chi connectivity index (χ1v) is 6.32. The minimum atomic E-state index is -0.241. The molecule has 0 aliphatic carbocycles. The van der Waals surface area contributed by atoms with E-state index in [9.17, 15) is 9.59 Å². The van der Waals surface area contributed by atoms with Crippen LogP contribution < -0.4 is 16.2 Å². The van der Waals surface area contributed by atoms with Crippen LogP contribution in [0, 0.1) is 0 Å². The van der Waals surface area contributed by atoms with Crippen molar-refractivity contribution in [2.45, 2.75) is 32.7 Å². The van der Waals surface area contributed by atoms with Gasteiger partial charge in [0, 0.05) is 19.2 Å². The summed E-state index contributed by atoms with van der Waals surface area (Å²) >= 11 is 0. The third-order valence-corrected chi connectivity index (χ3v) is 2.85. The van der Waals surface area contributed by atoms with Crippen molar-refractivity contribution in [3.63, 3.8) is 0 Å². The lowest BCUT2D eigenvalue weighted by Gasteiger charge is -2.17. The van der Waals surface area contributed by atoms with Gasteiger partial charge in [-0.15, -0.1) is 0 Å². The van der Waals surface area contributed by atoms with Crippen LogP contribution >= 0.6 is 0 Å². The van der Waals surface area contributed by atoms with E-state index in [0.717, 1.165) is 37.2 Å². The summed E-state index contributed by atoms with van der Waals surface area (Å²) in [6.45, 7) is 3.47. The summed E-state index contributed by atoms with van der Waals surface area (Å²) < 4.78 is 1.23. The van der Waals surface area contributed by atoms with Crippen molar-refractivity contribution in [2.24, 2.45) is 0 Å². The topological polar surface area (TPSA) is 76.0 Å². The molecule has 0 aromatic carbocycles. The van der Waals surface area contributed by atoms with Gasteiger partial charge < -0.3 is 10.6 Å². The Kier molecular flexibility index (Phi) is 3.96. The lowest BCUT2D eigenvalue weighted by atomic mass is 10.1. The van der Waals surface area contributed by atoms with Crippen LogP contribution in [0.2, 0.25) is 0 Å². The van der Waals surface area contributed by atoms with Crippen molar-refractivity contribution in [2.75, 3.05) is 18.4 Å². The van der Waals surface area contributed by atoms with Gasteiger partial charge in [0.05, 0.1) is 11.4 Å². The number of amides is 1. The van der Waals surface area contributed by atoms with Crippen LogP contribution in [0.1, 0.15) is 25.5 Å². The van der Waals surface area contributed by atoms with Gasteiger partial charge >= 0.3 is 0 Å². The summed E-state index contributed by atoms with van der Waals surface area (Å²) in [5, 5.41) is 10.1. The molecule has 1 aromatic heterocycles. The molecule has 1 aromatic rings. The molecule has 0 atom stereocenters. The van der Waals surface area contributed by atoms with Crippen molar-refractivity contribution in [3.8, 4) is 0 Å². The van der Waals surface area contributed by atoms with Crippen LogP contribution in [-0.2, 0) is 17.8 Å². The Morgan fingerprint density at radius 2 is 2.44 bits per heavy atom. The molecule has 0 saturated heterocycles. The van der Waals surface area contributed by atoms with Crippen LogP contribution in [0.4, 0.5) is 5.69 Å². The number of fused-ring (bicyclic) bond motifs is 1. The molecule has 0 fully saturated rings. The normalized spacial score (nSPS) is 13.6. The average Bonchev–Trinajstić information content (AvgIpc) is 2.37. The van der Waals surface area contributed by atoms with Gasteiger partial charge in [-0.05, 0) is 19.3 Å². The third-order valence-electron chi connectivity index (χ3n) is 2.85. The van der Waals surface area contributed by atoms with E-state index in [4.69, 9.17) is 0 Å². The highest BCUT2D eigenvalue weighted by Gasteiger charge is 2.13. The lowest BCUT2D eigenvalue weighted by molar-refractivity contribution is -0.121. The SMILES string of the molecule is CCCNC(=O)Cn1nc2c(cc1=O)NCCC2. The highest BCUT2D eigenvalue weighted by atomic mass is 16.2.